The molecule has 1 aliphatic heterocycles. The molecule has 0 radical (unpaired) electrons. The number of rotatable bonds is 3. The van der Waals surface area contributed by atoms with E-state index in [9.17, 15) is 9.18 Å². The molecule has 0 amide bonds. The maximum absolute atomic E-state index is 13.3. The predicted molar refractivity (Wildman–Crippen MR) is 86.9 cm³/mol. The van der Waals surface area contributed by atoms with Crippen LogP contribution in [0, 0.1) is 12.7 Å². The first-order valence-electron chi connectivity index (χ1n) is 7.45. The summed E-state index contributed by atoms with van der Waals surface area (Å²) in [6, 6.07) is 4.55. The van der Waals surface area contributed by atoms with Gasteiger partial charge in [0, 0.05) is 32.0 Å². The van der Waals surface area contributed by atoms with Gasteiger partial charge in [-0.1, -0.05) is 17.7 Å². The number of benzene rings is 1. The summed E-state index contributed by atoms with van der Waals surface area (Å²) in [4.78, 5) is 13.5. The van der Waals surface area contributed by atoms with Crippen LogP contribution < -0.4 is 15.2 Å². The summed E-state index contributed by atoms with van der Waals surface area (Å²) in [5, 5.41) is 6.25. The Morgan fingerprint density at radius 3 is 2.87 bits per heavy atom. The Labute approximate surface area is 138 Å². The van der Waals surface area contributed by atoms with Crippen molar-refractivity contribution < 1.29 is 9.13 Å². The Hall–Kier alpha value is -2.08. The van der Waals surface area contributed by atoms with E-state index in [1.807, 2.05) is 11.8 Å². The number of nitrogens with one attached hydrogen (secondary N) is 1. The molecular weight excluding hydrogens is 321 g/mol. The van der Waals surface area contributed by atoms with Crippen molar-refractivity contribution in [2.75, 3.05) is 18.0 Å². The maximum atomic E-state index is 13.3. The van der Waals surface area contributed by atoms with Crippen molar-refractivity contribution in [1.82, 2.24) is 10.2 Å². The summed E-state index contributed by atoms with van der Waals surface area (Å²) < 4.78 is 19.2. The molecule has 5 nitrogen and oxygen atoms in total. The van der Waals surface area contributed by atoms with Crippen LogP contribution in [0.5, 0.6) is 5.75 Å². The van der Waals surface area contributed by atoms with Gasteiger partial charge in [0.2, 0.25) is 0 Å². The number of piperidine rings is 1. The number of halogens is 2. The van der Waals surface area contributed by atoms with Crippen LogP contribution in [0.2, 0.25) is 5.02 Å². The minimum Gasteiger partial charge on any atom is -0.490 e. The third kappa shape index (κ3) is 3.47. The van der Waals surface area contributed by atoms with Crippen molar-refractivity contribution in [1.29, 1.82) is 0 Å². The number of hydrogen-bond donors (Lipinski definition) is 1. The first kappa shape index (κ1) is 15.8. The minimum absolute atomic E-state index is 0.0143. The fraction of sp³-hybridized carbons (Fsp3) is 0.375. The second-order valence-electron chi connectivity index (χ2n) is 5.61. The van der Waals surface area contributed by atoms with Gasteiger partial charge in [-0.3, -0.25) is 4.79 Å². The molecule has 0 bridgehead atoms. The molecule has 7 heteroatoms. The van der Waals surface area contributed by atoms with Crippen molar-refractivity contribution in [2.45, 2.75) is 25.9 Å². The number of aromatic amines is 1. The average molecular weight is 338 g/mol. The number of anilines is 1. The number of ether oxygens (including phenoxy) is 1. The Balaban J connectivity index is 1.65. The molecule has 1 aliphatic rings. The first-order chi connectivity index (χ1) is 11.0. The summed E-state index contributed by atoms with van der Waals surface area (Å²) in [7, 11) is 0. The van der Waals surface area contributed by atoms with E-state index in [1.54, 1.807) is 12.3 Å². The van der Waals surface area contributed by atoms with Crippen molar-refractivity contribution >= 4 is 17.3 Å². The topological polar surface area (TPSA) is 58.2 Å². The molecule has 1 fully saturated rings. The predicted octanol–water partition coefficient (Wildman–Crippen LogP) is 2.92. The summed E-state index contributed by atoms with van der Waals surface area (Å²) in [5.41, 5.74) is 1.16. The van der Waals surface area contributed by atoms with Crippen LogP contribution in [0.4, 0.5) is 10.1 Å². The summed E-state index contributed by atoms with van der Waals surface area (Å²) >= 11 is 6.03. The Morgan fingerprint density at radius 1 is 1.39 bits per heavy atom. The molecule has 23 heavy (non-hydrogen) atoms. The van der Waals surface area contributed by atoms with Gasteiger partial charge in [0.05, 0.1) is 11.9 Å². The second kappa shape index (κ2) is 6.58. The summed E-state index contributed by atoms with van der Waals surface area (Å²) in [5.74, 6) is 0.281. The van der Waals surface area contributed by atoms with Crippen LogP contribution in [0.3, 0.4) is 0 Å². The molecule has 0 aliphatic carbocycles. The molecule has 2 aromatic rings. The van der Waals surface area contributed by atoms with Crippen LogP contribution in [-0.2, 0) is 0 Å². The molecule has 0 spiro atoms. The van der Waals surface area contributed by atoms with Crippen LogP contribution in [-0.4, -0.2) is 29.4 Å². The van der Waals surface area contributed by atoms with E-state index < -0.39 is 5.56 Å². The number of aryl methyl sites for hydroxylation is 1. The molecule has 0 saturated carbocycles. The van der Waals surface area contributed by atoms with Gasteiger partial charge in [-0.25, -0.2) is 9.49 Å². The molecular formula is C16H17ClFN3O2. The number of aromatic nitrogens is 2. The van der Waals surface area contributed by atoms with Gasteiger partial charge in [-0.05, 0) is 18.6 Å². The van der Waals surface area contributed by atoms with Gasteiger partial charge in [-0.15, -0.1) is 0 Å². The zero-order valence-electron chi connectivity index (χ0n) is 12.7. The lowest BCUT2D eigenvalue weighted by molar-refractivity contribution is 0.169. The van der Waals surface area contributed by atoms with E-state index in [2.05, 4.69) is 10.2 Å². The molecule has 1 aromatic heterocycles. The highest BCUT2D eigenvalue weighted by molar-refractivity contribution is 6.32. The molecule has 1 N–H and O–H groups in total. The fourth-order valence-electron chi connectivity index (χ4n) is 2.69. The molecule has 2 heterocycles. The van der Waals surface area contributed by atoms with Crippen molar-refractivity contribution in [3.8, 4) is 5.75 Å². The van der Waals surface area contributed by atoms with E-state index in [-0.39, 0.29) is 16.9 Å². The normalized spacial score (nSPS) is 15.7. The smallest absolute Gasteiger partial charge is 0.285 e. The molecule has 0 atom stereocenters. The number of hydrogen-bond acceptors (Lipinski definition) is 4. The third-order valence-corrected chi connectivity index (χ3v) is 4.37. The Bertz CT molecular complexity index is 757. The zero-order valence-corrected chi connectivity index (χ0v) is 13.4. The lowest BCUT2D eigenvalue weighted by Gasteiger charge is -2.33. The average Bonchev–Trinajstić information content (AvgIpc) is 2.54. The van der Waals surface area contributed by atoms with E-state index in [0.29, 0.717) is 24.5 Å². The van der Waals surface area contributed by atoms with Gasteiger partial charge in [0.25, 0.3) is 5.56 Å². The van der Waals surface area contributed by atoms with Gasteiger partial charge < -0.3 is 9.64 Å². The lowest BCUT2D eigenvalue weighted by Crippen LogP contribution is -2.39. The summed E-state index contributed by atoms with van der Waals surface area (Å²) in [6.07, 6.45) is 3.10. The van der Waals surface area contributed by atoms with E-state index in [1.165, 1.54) is 12.1 Å². The largest absolute Gasteiger partial charge is 0.490 e. The van der Waals surface area contributed by atoms with Crippen molar-refractivity contribution in [3.63, 3.8) is 0 Å². The maximum Gasteiger partial charge on any atom is 0.285 e. The third-order valence-electron chi connectivity index (χ3n) is 4.00. The highest BCUT2D eigenvalue weighted by Gasteiger charge is 2.23. The molecule has 122 valence electrons. The second-order valence-corrected chi connectivity index (χ2v) is 5.99. The SMILES string of the molecule is Cc1ccc(F)cc1OC1CCN(c2cn[nH]c(=O)c2Cl)CC1. The van der Waals surface area contributed by atoms with E-state index >= 15 is 0 Å². The summed E-state index contributed by atoms with van der Waals surface area (Å²) in [6.45, 7) is 3.29. The molecule has 3 rings (SSSR count). The molecule has 1 aromatic carbocycles. The van der Waals surface area contributed by atoms with Crippen molar-refractivity contribution in [2.24, 2.45) is 0 Å². The standard InChI is InChI=1S/C16H17ClFN3O2/c1-10-2-3-11(18)8-14(10)23-12-4-6-21(7-5-12)13-9-19-20-16(22)15(13)17/h2-3,8-9,12H,4-7H2,1H3,(H,20,22). The molecule has 0 unspecified atom stereocenters. The van der Waals surface area contributed by atoms with E-state index in [0.717, 1.165) is 18.4 Å². The monoisotopic (exact) mass is 337 g/mol. The zero-order chi connectivity index (χ0) is 16.4. The van der Waals surface area contributed by atoms with E-state index in [4.69, 9.17) is 16.3 Å². The fourth-order valence-corrected chi connectivity index (χ4v) is 2.90. The van der Waals surface area contributed by atoms with Gasteiger partial charge in [0.15, 0.2) is 0 Å². The van der Waals surface area contributed by atoms with Gasteiger partial charge in [-0.2, -0.15) is 5.10 Å². The number of nitrogens with zero attached hydrogens (tertiary/aromatic N) is 2. The Morgan fingerprint density at radius 2 is 2.13 bits per heavy atom. The van der Waals surface area contributed by atoms with Crippen molar-refractivity contribution in [3.05, 3.63) is 51.2 Å². The van der Waals surface area contributed by atoms with Gasteiger partial charge >= 0.3 is 0 Å². The van der Waals surface area contributed by atoms with Crippen LogP contribution in [0.1, 0.15) is 18.4 Å². The lowest BCUT2D eigenvalue weighted by atomic mass is 10.1. The molecule has 1 saturated heterocycles. The van der Waals surface area contributed by atoms with Gasteiger partial charge in [0.1, 0.15) is 22.7 Å². The van der Waals surface area contributed by atoms with Crippen LogP contribution in [0.15, 0.2) is 29.2 Å². The quantitative estimate of drug-likeness (QED) is 0.935. The highest BCUT2D eigenvalue weighted by atomic mass is 35.5. The Kier molecular flexibility index (Phi) is 4.52. The highest BCUT2D eigenvalue weighted by Crippen LogP contribution is 2.27. The first-order valence-corrected chi connectivity index (χ1v) is 7.83. The minimum atomic E-state index is -0.391. The number of H-pyrrole nitrogens is 1. The van der Waals surface area contributed by atoms with Crippen LogP contribution in [0.25, 0.3) is 0 Å². The van der Waals surface area contributed by atoms with Crippen LogP contribution >= 0.6 is 11.6 Å².